The summed E-state index contributed by atoms with van der Waals surface area (Å²) in [6.07, 6.45) is 2.73. The Labute approximate surface area is 187 Å². The van der Waals surface area contributed by atoms with Crippen LogP contribution in [0.2, 0.25) is 0 Å². The first-order valence-corrected chi connectivity index (χ1v) is 12.0. The van der Waals surface area contributed by atoms with Gasteiger partial charge in [-0.3, -0.25) is 4.79 Å². The lowest BCUT2D eigenvalue weighted by molar-refractivity contribution is -0.115. The summed E-state index contributed by atoms with van der Waals surface area (Å²) in [5.41, 5.74) is 2.19. The van der Waals surface area contributed by atoms with Crippen LogP contribution < -0.4 is 5.32 Å². The molecule has 0 bridgehead atoms. The molecule has 2 atom stereocenters. The summed E-state index contributed by atoms with van der Waals surface area (Å²) in [6.45, 7) is 5.24. The minimum absolute atomic E-state index is 0.186. The number of aromatic nitrogens is 4. The van der Waals surface area contributed by atoms with E-state index in [0.717, 1.165) is 17.7 Å². The average Bonchev–Trinajstić information content (AvgIpc) is 3.29. The van der Waals surface area contributed by atoms with E-state index in [9.17, 15) is 13.2 Å². The van der Waals surface area contributed by atoms with Crippen molar-refractivity contribution < 1.29 is 13.2 Å². The van der Waals surface area contributed by atoms with Crippen molar-refractivity contribution in [2.45, 2.75) is 31.6 Å². The second kappa shape index (κ2) is 9.17. The lowest BCUT2D eigenvalue weighted by Crippen LogP contribution is -2.42. The van der Waals surface area contributed by atoms with Gasteiger partial charge in [0.15, 0.2) is 0 Å². The highest BCUT2D eigenvalue weighted by Crippen LogP contribution is 2.27. The van der Waals surface area contributed by atoms with Crippen molar-refractivity contribution in [3.63, 3.8) is 0 Å². The third kappa shape index (κ3) is 5.03. The Hall–Kier alpha value is -3.11. The van der Waals surface area contributed by atoms with Gasteiger partial charge in [-0.15, -0.1) is 5.10 Å². The Kier molecular flexibility index (Phi) is 6.33. The van der Waals surface area contributed by atoms with Crippen LogP contribution in [0.25, 0.3) is 5.69 Å². The number of nitrogens with one attached hydrogen (secondary N) is 1. The van der Waals surface area contributed by atoms with E-state index < -0.39 is 10.0 Å². The van der Waals surface area contributed by atoms with Gasteiger partial charge in [0.25, 0.3) is 0 Å². The molecule has 1 aliphatic rings. The number of nitrogens with zero attached hydrogens (tertiary/aromatic N) is 5. The molecule has 1 aliphatic heterocycles. The van der Waals surface area contributed by atoms with Crippen molar-refractivity contribution in [1.82, 2.24) is 24.5 Å². The van der Waals surface area contributed by atoms with Gasteiger partial charge >= 0.3 is 0 Å². The van der Waals surface area contributed by atoms with Gasteiger partial charge in [-0.25, -0.2) is 13.1 Å². The van der Waals surface area contributed by atoms with Gasteiger partial charge in [0.05, 0.1) is 17.0 Å². The fourth-order valence-electron chi connectivity index (χ4n) is 4.10. The molecule has 1 amide bonds. The van der Waals surface area contributed by atoms with E-state index in [1.165, 1.54) is 11.0 Å². The number of tetrazole rings is 1. The van der Waals surface area contributed by atoms with Crippen LogP contribution in [0.4, 0.5) is 5.69 Å². The first-order chi connectivity index (χ1) is 15.3. The number of hydrogen-bond donors (Lipinski definition) is 1. The molecule has 2 unspecified atom stereocenters. The van der Waals surface area contributed by atoms with Gasteiger partial charge < -0.3 is 5.32 Å². The summed E-state index contributed by atoms with van der Waals surface area (Å²) in [5, 5.41) is 13.8. The van der Waals surface area contributed by atoms with E-state index in [-0.39, 0.29) is 17.2 Å². The van der Waals surface area contributed by atoms with Crippen LogP contribution in [0.1, 0.15) is 25.8 Å². The summed E-state index contributed by atoms with van der Waals surface area (Å²) in [7, 11) is -3.54. The number of carbonyl (C=O) groups is 1. The van der Waals surface area contributed by atoms with Gasteiger partial charge in [-0.1, -0.05) is 26.0 Å². The lowest BCUT2D eigenvalue weighted by Gasteiger charge is -2.34. The largest absolute Gasteiger partial charge is 0.326 e. The van der Waals surface area contributed by atoms with Crippen molar-refractivity contribution in [1.29, 1.82) is 0 Å². The zero-order valence-electron chi connectivity index (χ0n) is 18.0. The SMILES string of the molecule is CC1CC(C)CN(S(=O)(=O)c2ccc(NC(=O)Cc3ccc(-n4cnnn4)cc3)cc2)C1. The number of rotatable bonds is 6. The highest BCUT2D eigenvalue weighted by molar-refractivity contribution is 7.89. The van der Waals surface area contributed by atoms with Crippen LogP contribution in [0.3, 0.4) is 0 Å². The fourth-order valence-corrected chi connectivity index (χ4v) is 5.78. The zero-order chi connectivity index (χ0) is 22.7. The van der Waals surface area contributed by atoms with Gasteiger partial charge in [-0.05, 0) is 70.6 Å². The third-order valence-corrected chi connectivity index (χ3v) is 7.37. The molecule has 1 N–H and O–H groups in total. The van der Waals surface area contributed by atoms with Crippen molar-refractivity contribution in [3.05, 3.63) is 60.4 Å². The average molecular weight is 455 g/mol. The Morgan fingerprint density at radius 1 is 1.03 bits per heavy atom. The molecule has 0 spiro atoms. The Balaban J connectivity index is 1.37. The summed E-state index contributed by atoms with van der Waals surface area (Å²) < 4.78 is 29.1. The second-order valence-corrected chi connectivity index (χ2v) is 10.4. The molecule has 4 rings (SSSR count). The smallest absolute Gasteiger partial charge is 0.243 e. The van der Waals surface area contributed by atoms with Crippen LogP contribution in [-0.2, 0) is 21.2 Å². The number of hydrogen-bond acceptors (Lipinski definition) is 6. The maximum atomic E-state index is 13.0. The van der Waals surface area contributed by atoms with Crippen LogP contribution in [0, 0.1) is 11.8 Å². The standard InChI is InChI=1S/C22H26N6O3S/c1-16-11-17(2)14-27(13-16)32(30,31)21-9-5-19(6-10-21)24-22(29)12-18-3-7-20(8-4-18)28-15-23-25-26-28/h3-10,15-17H,11-14H2,1-2H3,(H,24,29). The molecule has 2 aromatic carbocycles. The molecule has 0 saturated carbocycles. The maximum Gasteiger partial charge on any atom is 0.243 e. The molecule has 1 fully saturated rings. The Morgan fingerprint density at radius 2 is 1.69 bits per heavy atom. The molecule has 2 heterocycles. The van der Waals surface area contributed by atoms with Crippen molar-refractivity contribution >= 4 is 21.6 Å². The predicted octanol–water partition coefficient (Wildman–Crippen LogP) is 2.51. The number of amides is 1. The Bertz CT molecular complexity index is 1150. The highest BCUT2D eigenvalue weighted by atomic mass is 32.2. The minimum atomic E-state index is -3.54. The Morgan fingerprint density at radius 3 is 2.28 bits per heavy atom. The third-order valence-electron chi connectivity index (χ3n) is 5.53. The number of anilines is 1. The van der Waals surface area contributed by atoms with Crippen LogP contribution in [0.5, 0.6) is 0 Å². The molecule has 1 saturated heterocycles. The first kappa shape index (κ1) is 22.1. The molecule has 32 heavy (non-hydrogen) atoms. The molecule has 9 nitrogen and oxygen atoms in total. The number of carbonyl (C=O) groups excluding carboxylic acids is 1. The van der Waals surface area contributed by atoms with E-state index in [1.807, 2.05) is 24.3 Å². The molecule has 0 radical (unpaired) electrons. The first-order valence-electron chi connectivity index (χ1n) is 10.5. The van der Waals surface area contributed by atoms with E-state index in [2.05, 4.69) is 34.7 Å². The van der Waals surface area contributed by atoms with E-state index in [0.29, 0.717) is 30.6 Å². The van der Waals surface area contributed by atoms with Crippen LogP contribution in [-0.4, -0.2) is 51.9 Å². The van der Waals surface area contributed by atoms with Crippen LogP contribution >= 0.6 is 0 Å². The van der Waals surface area contributed by atoms with Gasteiger partial charge in [-0.2, -0.15) is 4.31 Å². The molecule has 3 aromatic rings. The van der Waals surface area contributed by atoms with Crippen molar-refractivity contribution in [2.24, 2.45) is 11.8 Å². The monoisotopic (exact) mass is 454 g/mol. The van der Waals surface area contributed by atoms with Gasteiger partial charge in [0.1, 0.15) is 6.33 Å². The topological polar surface area (TPSA) is 110 Å². The molecule has 168 valence electrons. The zero-order valence-corrected chi connectivity index (χ0v) is 18.9. The van der Waals surface area contributed by atoms with Crippen molar-refractivity contribution in [2.75, 3.05) is 18.4 Å². The normalized spacial score (nSPS) is 19.6. The fraction of sp³-hybridized carbons (Fsp3) is 0.364. The predicted molar refractivity (Wildman–Crippen MR) is 120 cm³/mol. The highest BCUT2D eigenvalue weighted by Gasteiger charge is 2.31. The number of sulfonamides is 1. The molecule has 0 aliphatic carbocycles. The summed E-state index contributed by atoms with van der Waals surface area (Å²) >= 11 is 0. The van der Waals surface area contributed by atoms with E-state index in [4.69, 9.17) is 0 Å². The minimum Gasteiger partial charge on any atom is -0.326 e. The van der Waals surface area contributed by atoms with E-state index in [1.54, 1.807) is 28.6 Å². The quantitative estimate of drug-likeness (QED) is 0.613. The summed E-state index contributed by atoms with van der Waals surface area (Å²) in [4.78, 5) is 12.7. The van der Waals surface area contributed by atoms with E-state index >= 15 is 0 Å². The summed E-state index contributed by atoms with van der Waals surface area (Å²) in [5.74, 6) is 0.498. The second-order valence-electron chi connectivity index (χ2n) is 8.44. The molecule has 10 heteroatoms. The lowest BCUT2D eigenvalue weighted by atomic mass is 9.94. The summed E-state index contributed by atoms with van der Waals surface area (Å²) in [6, 6.07) is 13.7. The maximum absolute atomic E-state index is 13.0. The molecular formula is C22H26N6O3S. The van der Waals surface area contributed by atoms with Crippen molar-refractivity contribution in [3.8, 4) is 5.69 Å². The van der Waals surface area contributed by atoms with Crippen LogP contribution in [0.15, 0.2) is 59.8 Å². The van der Waals surface area contributed by atoms with Gasteiger partial charge in [0, 0.05) is 18.8 Å². The molecule has 1 aromatic heterocycles. The van der Waals surface area contributed by atoms with Gasteiger partial charge in [0.2, 0.25) is 15.9 Å². The number of benzene rings is 2. The molecular weight excluding hydrogens is 428 g/mol. The number of piperidine rings is 1.